The predicted octanol–water partition coefficient (Wildman–Crippen LogP) is 0.890. The molecule has 13 heavy (non-hydrogen) atoms. The number of carbonyl (C=O) groups excluding carboxylic acids is 1. The Bertz CT molecular complexity index is 310. The molecule has 0 fully saturated rings. The Hall–Kier alpha value is -1.00. The maximum Gasteiger partial charge on any atom is 0.233 e. The average molecular weight is 197 g/mol. The molecular formula is C9H9O3S. The van der Waals surface area contributed by atoms with Gasteiger partial charge in [0.1, 0.15) is 6.26 Å². The largest absolute Gasteiger partial charge is 0.612 e. The van der Waals surface area contributed by atoms with Gasteiger partial charge in [-0.25, -0.2) is 0 Å². The molecule has 69 valence electrons. The molecule has 0 aliphatic heterocycles. The second-order valence-corrected chi connectivity index (χ2v) is 3.77. The summed E-state index contributed by atoms with van der Waals surface area (Å²) in [6, 6.07) is 4.69. The van der Waals surface area contributed by atoms with E-state index in [4.69, 9.17) is 4.74 Å². The Morgan fingerprint density at radius 1 is 1.54 bits per heavy atom. The molecule has 0 saturated carbocycles. The van der Waals surface area contributed by atoms with E-state index in [0.717, 1.165) is 0 Å². The maximum absolute atomic E-state index is 11.2. The molecule has 1 radical (unpaired) electrons. The Morgan fingerprint density at radius 3 is 2.69 bits per heavy atom. The van der Waals surface area contributed by atoms with Crippen LogP contribution in [0.15, 0.2) is 23.1 Å². The van der Waals surface area contributed by atoms with Crippen molar-refractivity contribution in [2.75, 3.05) is 13.4 Å². The monoisotopic (exact) mass is 197 g/mol. The fraction of sp³-hybridized carbons (Fsp3) is 0.222. The molecule has 1 unspecified atom stereocenters. The smallest absolute Gasteiger partial charge is 0.233 e. The fourth-order valence-corrected chi connectivity index (χ4v) is 1.65. The molecule has 0 aromatic heterocycles. The minimum atomic E-state index is -1.11. The van der Waals surface area contributed by atoms with Crippen LogP contribution in [0.5, 0.6) is 5.75 Å². The standard InChI is InChI=1S/C9H9O3S/c1-12-8-5-7(6-10)3-4-9(8)13(2)11/h3-5H,1-2H3. The van der Waals surface area contributed by atoms with E-state index in [1.807, 2.05) is 0 Å². The highest BCUT2D eigenvalue weighted by atomic mass is 32.2. The summed E-state index contributed by atoms with van der Waals surface area (Å²) < 4.78 is 16.1. The minimum absolute atomic E-state index is 0.394. The molecule has 0 heterocycles. The number of methoxy groups -OCH3 is 1. The summed E-state index contributed by atoms with van der Waals surface area (Å²) in [5, 5.41) is 0. The lowest BCUT2D eigenvalue weighted by Crippen LogP contribution is -2.01. The van der Waals surface area contributed by atoms with Gasteiger partial charge in [0.05, 0.1) is 7.11 Å². The number of hydrogen-bond donors (Lipinski definition) is 0. The molecule has 0 N–H and O–H groups in total. The van der Waals surface area contributed by atoms with Gasteiger partial charge in [0.25, 0.3) is 0 Å². The van der Waals surface area contributed by atoms with Crippen LogP contribution < -0.4 is 4.74 Å². The summed E-state index contributed by atoms with van der Waals surface area (Å²) in [5.41, 5.74) is 0.394. The number of hydrogen-bond acceptors (Lipinski definition) is 3. The molecule has 0 aliphatic carbocycles. The third kappa shape index (κ3) is 2.23. The Balaban J connectivity index is 3.15. The quantitative estimate of drug-likeness (QED) is 0.676. The Morgan fingerprint density at radius 2 is 2.23 bits per heavy atom. The third-order valence-electron chi connectivity index (χ3n) is 1.59. The molecule has 1 aromatic rings. The zero-order chi connectivity index (χ0) is 9.84. The molecule has 4 heteroatoms. The van der Waals surface area contributed by atoms with Gasteiger partial charge in [-0.2, -0.15) is 0 Å². The van der Waals surface area contributed by atoms with Crippen LogP contribution in [-0.4, -0.2) is 24.2 Å². The lowest BCUT2D eigenvalue weighted by molar-refractivity contribution is 0.402. The highest BCUT2D eigenvalue weighted by Gasteiger charge is 2.12. The van der Waals surface area contributed by atoms with E-state index in [1.54, 1.807) is 24.7 Å². The van der Waals surface area contributed by atoms with E-state index in [9.17, 15) is 9.35 Å². The van der Waals surface area contributed by atoms with Crippen molar-refractivity contribution in [2.45, 2.75) is 4.90 Å². The first kappa shape index (κ1) is 10.1. The fourth-order valence-electron chi connectivity index (χ4n) is 0.969. The average Bonchev–Trinajstić information content (AvgIpc) is 2.16. The summed E-state index contributed by atoms with van der Waals surface area (Å²) in [4.78, 5) is 10.9. The highest BCUT2D eigenvalue weighted by Crippen LogP contribution is 2.23. The number of benzene rings is 1. The van der Waals surface area contributed by atoms with Crippen molar-refractivity contribution in [3.8, 4) is 5.75 Å². The van der Waals surface area contributed by atoms with Gasteiger partial charge in [-0.3, -0.25) is 4.79 Å². The van der Waals surface area contributed by atoms with Crippen LogP contribution in [0.1, 0.15) is 5.56 Å². The molecule has 0 aliphatic rings. The Kier molecular flexibility index (Phi) is 3.33. The molecule has 1 atom stereocenters. The van der Waals surface area contributed by atoms with Gasteiger partial charge < -0.3 is 9.29 Å². The first-order valence-electron chi connectivity index (χ1n) is 3.58. The SMILES string of the molecule is COc1cc([C]=O)ccc1[S+](C)[O-]. The summed E-state index contributed by atoms with van der Waals surface area (Å²) >= 11 is -1.11. The van der Waals surface area contributed by atoms with E-state index in [-0.39, 0.29) is 0 Å². The van der Waals surface area contributed by atoms with Crippen molar-refractivity contribution in [3.63, 3.8) is 0 Å². The first-order valence-corrected chi connectivity index (χ1v) is 5.14. The van der Waals surface area contributed by atoms with Crippen molar-refractivity contribution in [1.82, 2.24) is 0 Å². The molecule has 1 aromatic carbocycles. The lowest BCUT2D eigenvalue weighted by Gasteiger charge is -2.08. The van der Waals surface area contributed by atoms with Crippen LogP contribution >= 0.6 is 0 Å². The molecule has 3 nitrogen and oxygen atoms in total. The van der Waals surface area contributed by atoms with E-state index in [2.05, 4.69) is 0 Å². The van der Waals surface area contributed by atoms with Gasteiger partial charge in [-0.1, -0.05) is 0 Å². The van der Waals surface area contributed by atoms with Crippen molar-refractivity contribution >= 4 is 17.5 Å². The van der Waals surface area contributed by atoms with Crippen LogP contribution in [0.3, 0.4) is 0 Å². The number of ether oxygens (including phenoxy) is 1. The highest BCUT2D eigenvalue weighted by molar-refractivity contribution is 7.90. The second kappa shape index (κ2) is 4.30. The van der Waals surface area contributed by atoms with Crippen LogP contribution in [0, 0.1) is 0 Å². The summed E-state index contributed by atoms with van der Waals surface area (Å²) in [7, 11) is 1.47. The van der Waals surface area contributed by atoms with Crippen LogP contribution in [0.4, 0.5) is 0 Å². The zero-order valence-corrected chi connectivity index (χ0v) is 8.18. The molecule has 0 saturated heterocycles. The first-order chi connectivity index (χ1) is 6.19. The zero-order valence-electron chi connectivity index (χ0n) is 7.37. The van der Waals surface area contributed by atoms with Gasteiger partial charge in [0.15, 0.2) is 10.6 Å². The van der Waals surface area contributed by atoms with Crippen LogP contribution in [0.2, 0.25) is 0 Å². The van der Waals surface area contributed by atoms with E-state index in [0.29, 0.717) is 16.2 Å². The van der Waals surface area contributed by atoms with Gasteiger partial charge in [0.2, 0.25) is 6.29 Å². The lowest BCUT2D eigenvalue weighted by atomic mass is 10.2. The van der Waals surface area contributed by atoms with Crippen molar-refractivity contribution in [2.24, 2.45) is 0 Å². The predicted molar refractivity (Wildman–Crippen MR) is 50.1 cm³/mol. The Labute approximate surface area is 79.9 Å². The molecule has 0 amide bonds. The van der Waals surface area contributed by atoms with Crippen LogP contribution in [-0.2, 0) is 16.0 Å². The number of rotatable bonds is 3. The maximum atomic E-state index is 11.2. The molecule has 0 spiro atoms. The van der Waals surface area contributed by atoms with Crippen LogP contribution in [0.25, 0.3) is 0 Å². The summed E-state index contributed by atoms with van der Waals surface area (Å²) in [6.45, 7) is 0. The van der Waals surface area contributed by atoms with Gasteiger partial charge in [0, 0.05) is 5.56 Å². The van der Waals surface area contributed by atoms with Gasteiger partial charge in [-0.15, -0.1) is 0 Å². The minimum Gasteiger partial charge on any atom is -0.612 e. The molecular weight excluding hydrogens is 188 g/mol. The van der Waals surface area contributed by atoms with E-state index < -0.39 is 11.2 Å². The normalized spacial score (nSPS) is 12.2. The van der Waals surface area contributed by atoms with Crippen molar-refractivity contribution in [3.05, 3.63) is 23.8 Å². The van der Waals surface area contributed by atoms with Gasteiger partial charge >= 0.3 is 0 Å². The van der Waals surface area contributed by atoms with E-state index >= 15 is 0 Å². The summed E-state index contributed by atoms with van der Waals surface area (Å²) in [5.74, 6) is 0.460. The third-order valence-corrected chi connectivity index (χ3v) is 2.55. The van der Waals surface area contributed by atoms with Gasteiger partial charge in [-0.05, 0) is 29.4 Å². The van der Waals surface area contributed by atoms with Crippen molar-refractivity contribution < 1.29 is 14.1 Å². The molecule has 0 bridgehead atoms. The topological polar surface area (TPSA) is 49.4 Å². The van der Waals surface area contributed by atoms with Crippen molar-refractivity contribution in [1.29, 1.82) is 0 Å². The second-order valence-electron chi connectivity index (χ2n) is 2.42. The summed E-state index contributed by atoms with van der Waals surface area (Å²) in [6.07, 6.45) is 3.30. The van der Waals surface area contributed by atoms with E-state index in [1.165, 1.54) is 13.2 Å². The molecule has 1 rings (SSSR count).